The van der Waals surface area contributed by atoms with E-state index in [0.717, 1.165) is 28.0 Å². The zero-order valence-corrected chi connectivity index (χ0v) is 29.3. The van der Waals surface area contributed by atoms with Crippen molar-refractivity contribution >= 4 is 68.9 Å². The summed E-state index contributed by atoms with van der Waals surface area (Å²) in [6, 6.07) is 25.9. The van der Waals surface area contributed by atoms with E-state index in [1.54, 1.807) is 66.7 Å². The summed E-state index contributed by atoms with van der Waals surface area (Å²) in [5, 5.41) is 21.5. The minimum Gasteiger partial charge on any atom is -0.507 e. The van der Waals surface area contributed by atoms with Gasteiger partial charge in [0.05, 0.1) is 11.6 Å². The van der Waals surface area contributed by atoms with Gasteiger partial charge in [-0.05, 0) is 77.7 Å². The summed E-state index contributed by atoms with van der Waals surface area (Å²) >= 11 is 14.9. The normalized spacial score (nSPS) is 15.4. The van der Waals surface area contributed by atoms with Gasteiger partial charge >= 0.3 is 5.91 Å². The number of Topliss-reactive ketones (excluding diaryl/α,β-unsaturated/α-hetero) is 1. The molecule has 0 saturated carbocycles. The van der Waals surface area contributed by atoms with Gasteiger partial charge in [0, 0.05) is 21.4 Å². The Morgan fingerprint density at radius 2 is 1.67 bits per heavy atom. The van der Waals surface area contributed by atoms with Gasteiger partial charge in [0.25, 0.3) is 5.78 Å². The number of carbonyl (C=O) groups excluding carboxylic acids is 2. The standard InChI is InChI=1S/C37H29Cl2N3O5S2/c1-3-18-46-28-14-9-23(10-15-28)32-31(33(43)24-11-16-29(17-12-24)47-20-25-7-5-4-6-22(25)2)34(44)35(45)42(32)36-40-41-37(49-36)48-21-26-8-13-27(38)19-30(26)39/h3-17,19,32,43H,1,18,20-21H2,2H3/b33-31+. The number of benzene rings is 4. The molecule has 1 fully saturated rings. The molecule has 8 nitrogen and oxygen atoms in total. The molecule has 1 N–H and O–H groups in total. The van der Waals surface area contributed by atoms with Crippen LogP contribution in [0.1, 0.15) is 33.9 Å². The third-order valence-corrected chi connectivity index (χ3v) is 10.5. The lowest BCUT2D eigenvalue weighted by Crippen LogP contribution is -2.29. The van der Waals surface area contributed by atoms with E-state index < -0.39 is 17.7 Å². The van der Waals surface area contributed by atoms with E-state index in [2.05, 4.69) is 16.8 Å². The summed E-state index contributed by atoms with van der Waals surface area (Å²) < 4.78 is 12.2. The number of anilines is 1. The van der Waals surface area contributed by atoms with Crippen LogP contribution in [0.15, 0.2) is 114 Å². The Kier molecular flexibility index (Phi) is 10.7. The van der Waals surface area contributed by atoms with E-state index in [9.17, 15) is 14.7 Å². The number of nitrogens with zero attached hydrogens (tertiary/aromatic N) is 3. The molecule has 1 saturated heterocycles. The molecule has 4 aromatic carbocycles. The Bertz CT molecular complexity index is 2050. The first-order chi connectivity index (χ1) is 23.7. The number of thioether (sulfide) groups is 1. The summed E-state index contributed by atoms with van der Waals surface area (Å²) in [7, 11) is 0. The van der Waals surface area contributed by atoms with Crippen LogP contribution in [-0.2, 0) is 21.9 Å². The molecular weight excluding hydrogens is 701 g/mol. The summed E-state index contributed by atoms with van der Waals surface area (Å²) in [6.07, 6.45) is 1.63. The van der Waals surface area contributed by atoms with Gasteiger partial charge in [0.2, 0.25) is 5.13 Å². The average Bonchev–Trinajstić information content (AvgIpc) is 3.68. The molecule has 2 heterocycles. The number of rotatable bonds is 12. The van der Waals surface area contributed by atoms with Crippen LogP contribution < -0.4 is 14.4 Å². The minimum atomic E-state index is -0.984. The Labute approximate surface area is 301 Å². The van der Waals surface area contributed by atoms with Crippen molar-refractivity contribution in [3.8, 4) is 11.5 Å². The van der Waals surface area contributed by atoms with Gasteiger partial charge in [-0.2, -0.15) is 0 Å². The molecule has 1 aliphatic heterocycles. The number of aliphatic hydroxyl groups is 1. The maximum Gasteiger partial charge on any atom is 0.301 e. The van der Waals surface area contributed by atoms with Crippen molar-refractivity contribution in [2.45, 2.75) is 29.7 Å². The molecule has 1 aliphatic rings. The lowest BCUT2D eigenvalue weighted by atomic mass is 9.95. The second-order valence-corrected chi connectivity index (χ2v) is 14.0. The monoisotopic (exact) mass is 729 g/mol. The zero-order chi connectivity index (χ0) is 34.5. The molecule has 5 aromatic rings. The lowest BCUT2D eigenvalue weighted by Gasteiger charge is -2.22. The largest absolute Gasteiger partial charge is 0.507 e. The highest BCUT2D eigenvalue weighted by Crippen LogP contribution is 2.44. The van der Waals surface area contributed by atoms with E-state index in [4.69, 9.17) is 32.7 Å². The number of aliphatic hydroxyl groups excluding tert-OH is 1. The Morgan fingerprint density at radius 3 is 2.39 bits per heavy atom. The van der Waals surface area contributed by atoms with Crippen molar-refractivity contribution in [2.24, 2.45) is 0 Å². The number of hydrogen-bond donors (Lipinski definition) is 1. The molecule has 1 amide bonds. The molecule has 0 spiro atoms. The number of ether oxygens (including phenoxy) is 2. The summed E-state index contributed by atoms with van der Waals surface area (Å²) in [4.78, 5) is 28.7. The van der Waals surface area contributed by atoms with E-state index in [1.165, 1.54) is 16.7 Å². The topological polar surface area (TPSA) is 102 Å². The Morgan fingerprint density at radius 1 is 0.959 bits per heavy atom. The summed E-state index contributed by atoms with van der Waals surface area (Å²) in [5.74, 6) is -0.330. The number of hydrogen-bond acceptors (Lipinski definition) is 9. The predicted octanol–water partition coefficient (Wildman–Crippen LogP) is 9.22. The first-order valence-electron chi connectivity index (χ1n) is 15.1. The third kappa shape index (κ3) is 7.68. The number of aromatic nitrogens is 2. The maximum atomic E-state index is 13.7. The Balaban J connectivity index is 1.31. The molecule has 0 aliphatic carbocycles. The van der Waals surface area contributed by atoms with E-state index in [1.807, 2.05) is 37.3 Å². The molecule has 1 unspecified atom stereocenters. The van der Waals surface area contributed by atoms with Crippen LogP contribution in [0.2, 0.25) is 10.0 Å². The van der Waals surface area contributed by atoms with Crippen LogP contribution in [0.3, 0.4) is 0 Å². The fourth-order valence-electron chi connectivity index (χ4n) is 5.18. The molecule has 1 atom stereocenters. The highest BCUT2D eigenvalue weighted by Gasteiger charge is 2.48. The number of amides is 1. The van der Waals surface area contributed by atoms with Gasteiger partial charge in [-0.25, -0.2) is 0 Å². The fourth-order valence-corrected chi connectivity index (χ4v) is 7.61. The molecular formula is C37H29Cl2N3O5S2. The SMILES string of the molecule is C=CCOc1ccc(C2/C(=C(\O)c3ccc(OCc4ccccc4C)cc3)C(=O)C(=O)N2c2nnc(SCc3ccc(Cl)cc3Cl)s2)cc1. The molecule has 6 rings (SSSR count). The van der Waals surface area contributed by atoms with Gasteiger partial charge in [-0.1, -0.05) is 101 Å². The number of carbonyl (C=O) groups is 2. The average molecular weight is 731 g/mol. The van der Waals surface area contributed by atoms with Gasteiger partial charge in [-0.3, -0.25) is 14.5 Å². The zero-order valence-electron chi connectivity index (χ0n) is 26.1. The lowest BCUT2D eigenvalue weighted by molar-refractivity contribution is -0.132. The first kappa shape index (κ1) is 34.3. The van der Waals surface area contributed by atoms with Crippen LogP contribution in [0.25, 0.3) is 5.76 Å². The summed E-state index contributed by atoms with van der Waals surface area (Å²) in [5.41, 5.74) is 3.89. The van der Waals surface area contributed by atoms with Crippen LogP contribution in [0.5, 0.6) is 11.5 Å². The number of ketones is 1. The van der Waals surface area contributed by atoms with Crippen LogP contribution in [0.4, 0.5) is 5.13 Å². The molecule has 248 valence electrons. The van der Waals surface area contributed by atoms with Crippen molar-refractivity contribution in [1.82, 2.24) is 10.2 Å². The Hall–Kier alpha value is -4.61. The van der Waals surface area contributed by atoms with Gasteiger partial charge in [-0.15, -0.1) is 10.2 Å². The van der Waals surface area contributed by atoms with Crippen molar-refractivity contribution in [3.63, 3.8) is 0 Å². The third-order valence-electron chi connectivity index (χ3n) is 7.76. The van der Waals surface area contributed by atoms with Gasteiger partial charge in [0.1, 0.15) is 30.5 Å². The highest BCUT2D eigenvalue weighted by atomic mass is 35.5. The van der Waals surface area contributed by atoms with E-state index in [-0.39, 0.29) is 16.5 Å². The molecule has 1 aromatic heterocycles. The van der Waals surface area contributed by atoms with Crippen LogP contribution in [0, 0.1) is 6.92 Å². The van der Waals surface area contributed by atoms with Crippen LogP contribution in [-0.4, -0.2) is 33.6 Å². The fraction of sp³-hybridized carbons (Fsp3) is 0.135. The van der Waals surface area contributed by atoms with Crippen molar-refractivity contribution in [2.75, 3.05) is 11.5 Å². The number of aryl methyl sites for hydroxylation is 1. The first-order valence-corrected chi connectivity index (χ1v) is 17.6. The second-order valence-electron chi connectivity index (χ2n) is 11.0. The summed E-state index contributed by atoms with van der Waals surface area (Å²) in [6.45, 7) is 6.39. The van der Waals surface area contributed by atoms with Gasteiger partial charge in [0.15, 0.2) is 4.34 Å². The quantitative estimate of drug-likeness (QED) is 0.0339. The van der Waals surface area contributed by atoms with Gasteiger partial charge < -0.3 is 14.6 Å². The second kappa shape index (κ2) is 15.3. The van der Waals surface area contributed by atoms with Crippen molar-refractivity contribution in [1.29, 1.82) is 0 Å². The number of halogens is 2. The van der Waals surface area contributed by atoms with E-state index in [0.29, 0.717) is 56.0 Å². The minimum absolute atomic E-state index is 0.0734. The molecule has 0 bridgehead atoms. The smallest absolute Gasteiger partial charge is 0.301 e. The van der Waals surface area contributed by atoms with Crippen molar-refractivity contribution in [3.05, 3.63) is 147 Å². The molecule has 12 heteroatoms. The van der Waals surface area contributed by atoms with Crippen LogP contribution >= 0.6 is 46.3 Å². The highest BCUT2D eigenvalue weighted by molar-refractivity contribution is 8.00. The molecule has 0 radical (unpaired) electrons. The molecule has 49 heavy (non-hydrogen) atoms. The predicted molar refractivity (Wildman–Crippen MR) is 195 cm³/mol. The maximum absolute atomic E-state index is 13.7. The van der Waals surface area contributed by atoms with Crippen molar-refractivity contribution < 1.29 is 24.2 Å². The van der Waals surface area contributed by atoms with E-state index >= 15 is 0 Å².